The number of fused-ring (bicyclic) bond motifs is 1. The molecule has 3 aromatic carbocycles. The molecule has 1 aromatic heterocycles. The number of nitrogens with one attached hydrogen (secondary N) is 1. The molecule has 0 spiro atoms. The average molecular weight is 546 g/mol. The number of nitrogens with zero attached hydrogens (tertiary/aromatic N) is 1. The van der Waals surface area contributed by atoms with Gasteiger partial charge in [0.05, 0.1) is 6.21 Å². The first-order valence-electron chi connectivity index (χ1n) is 9.17. The van der Waals surface area contributed by atoms with Crippen LogP contribution in [0.3, 0.4) is 0 Å². The summed E-state index contributed by atoms with van der Waals surface area (Å²) in [5.74, 6) is -0.0961. The van der Waals surface area contributed by atoms with E-state index in [1.54, 1.807) is 36.4 Å². The van der Waals surface area contributed by atoms with E-state index in [4.69, 9.17) is 9.15 Å². The number of amides is 1. The molecule has 156 valence electrons. The van der Waals surface area contributed by atoms with E-state index < -0.39 is 5.91 Å². The van der Waals surface area contributed by atoms with Crippen molar-refractivity contribution in [2.45, 2.75) is 6.61 Å². The van der Waals surface area contributed by atoms with Gasteiger partial charge in [0.25, 0.3) is 0 Å². The molecule has 31 heavy (non-hydrogen) atoms. The van der Waals surface area contributed by atoms with Gasteiger partial charge in [-0.3, -0.25) is 4.79 Å². The van der Waals surface area contributed by atoms with Crippen molar-refractivity contribution >= 4 is 55.0 Å². The van der Waals surface area contributed by atoms with Crippen LogP contribution in [-0.4, -0.2) is 12.1 Å². The molecular formula is C23H15Br2FN2O3. The van der Waals surface area contributed by atoms with Crippen LogP contribution >= 0.6 is 31.9 Å². The van der Waals surface area contributed by atoms with Crippen molar-refractivity contribution in [1.82, 2.24) is 5.43 Å². The molecule has 0 aliphatic carbocycles. The van der Waals surface area contributed by atoms with Gasteiger partial charge in [-0.25, -0.2) is 9.82 Å². The summed E-state index contributed by atoms with van der Waals surface area (Å²) >= 11 is 6.80. The van der Waals surface area contributed by atoms with Crippen LogP contribution in [0.15, 0.2) is 85.2 Å². The van der Waals surface area contributed by atoms with E-state index in [0.29, 0.717) is 22.5 Å². The number of carbonyl (C=O) groups is 1. The summed E-state index contributed by atoms with van der Waals surface area (Å²) in [5.41, 5.74) is 4.41. The zero-order chi connectivity index (χ0) is 21.8. The minimum atomic E-state index is -0.471. The molecule has 0 aliphatic heterocycles. The summed E-state index contributed by atoms with van der Waals surface area (Å²) in [7, 11) is 0. The number of rotatable bonds is 6. The lowest BCUT2D eigenvalue weighted by molar-refractivity contribution is 0.0929. The molecule has 0 fully saturated rings. The van der Waals surface area contributed by atoms with Gasteiger partial charge in [0.1, 0.15) is 23.8 Å². The van der Waals surface area contributed by atoms with E-state index in [9.17, 15) is 9.18 Å². The van der Waals surface area contributed by atoms with Crippen molar-refractivity contribution in [3.05, 3.63) is 98.4 Å². The molecule has 0 radical (unpaired) electrons. The van der Waals surface area contributed by atoms with Gasteiger partial charge in [-0.05, 0) is 60.2 Å². The van der Waals surface area contributed by atoms with Gasteiger partial charge in [-0.1, -0.05) is 44.0 Å². The molecule has 0 saturated heterocycles. The molecule has 1 amide bonds. The highest BCUT2D eigenvalue weighted by Crippen LogP contribution is 2.24. The van der Waals surface area contributed by atoms with Crippen LogP contribution < -0.4 is 10.2 Å². The number of ether oxygens (including phenoxy) is 1. The Labute approximate surface area is 194 Å². The second-order valence-electron chi connectivity index (χ2n) is 6.59. The standard InChI is InChI=1S/C23H15Br2FN2O3/c24-17-5-7-21-15(9-17)11-22(31-21)23(29)28-27-12-16-10-18(25)4-6-20(16)30-13-14-2-1-3-19(26)8-14/h1-12H,13H2,(H,28,29)/b27-12+. The summed E-state index contributed by atoms with van der Waals surface area (Å²) in [6, 6.07) is 18.7. The van der Waals surface area contributed by atoms with E-state index in [1.165, 1.54) is 18.3 Å². The van der Waals surface area contributed by atoms with Gasteiger partial charge < -0.3 is 9.15 Å². The maximum atomic E-state index is 13.4. The van der Waals surface area contributed by atoms with Crippen LogP contribution in [0.4, 0.5) is 4.39 Å². The van der Waals surface area contributed by atoms with Crippen LogP contribution in [0.5, 0.6) is 5.75 Å². The van der Waals surface area contributed by atoms with Crippen LogP contribution in [0.2, 0.25) is 0 Å². The SMILES string of the molecule is O=C(N/N=C/c1cc(Br)ccc1OCc1cccc(F)c1)c1cc2cc(Br)ccc2o1. The Bertz CT molecular complexity index is 1290. The van der Waals surface area contributed by atoms with Gasteiger partial charge in [0, 0.05) is 19.9 Å². The molecular weight excluding hydrogens is 531 g/mol. The summed E-state index contributed by atoms with van der Waals surface area (Å²) in [5, 5.41) is 4.83. The fraction of sp³-hybridized carbons (Fsp3) is 0.0435. The molecule has 4 rings (SSSR count). The normalized spacial score (nSPS) is 11.2. The van der Waals surface area contributed by atoms with E-state index in [2.05, 4.69) is 42.4 Å². The van der Waals surface area contributed by atoms with E-state index in [0.717, 1.165) is 14.3 Å². The van der Waals surface area contributed by atoms with E-state index in [-0.39, 0.29) is 18.2 Å². The lowest BCUT2D eigenvalue weighted by atomic mass is 10.2. The fourth-order valence-corrected chi connectivity index (χ4v) is 3.64. The maximum absolute atomic E-state index is 13.4. The highest BCUT2D eigenvalue weighted by molar-refractivity contribution is 9.10. The number of hydrogen-bond donors (Lipinski definition) is 1. The first-order valence-corrected chi connectivity index (χ1v) is 10.8. The minimum absolute atomic E-state index is 0.155. The van der Waals surface area contributed by atoms with E-state index in [1.807, 2.05) is 18.2 Å². The van der Waals surface area contributed by atoms with Crippen molar-refractivity contribution in [3.8, 4) is 5.75 Å². The van der Waals surface area contributed by atoms with Crippen molar-refractivity contribution in [2.75, 3.05) is 0 Å². The number of hydrazone groups is 1. The molecule has 0 unspecified atom stereocenters. The molecule has 1 N–H and O–H groups in total. The Morgan fingerprint density at radius 2 is 1.87 bits per heavy atom. The smallest absolute Gasteiger partial charge is 0.307 e. The predicted molar refractivity (Wildman–Crippen MR) is 124 cm³/mol. The third kappa shape index (κ3) is 5.39. The van der Waals surface area contributed by atoms with Crippen molar-refractivity contribution in [1.29, 1.82) is 0 Å². The third-order valence-corrected chi connectivity index (χ3v) is 5.31. The molecule has 0 aliphatic rings. The van der Waals surface area contributed by atoms with Crippen LogP contribution in [0.1, 0.15) is 21.7 Å². The lowest BCUT2D eigenvalue weighted by Gasteiger charge is -2.10. The molecule has 0 atom stereocenters. The maximum Gasteiger partial charge on any atom is 0.307 e. The number of hydrogen-bond acceptors (Lipinski definition) is 4. The van der Waals surface area contributed by atoms with Crippen LogP contribution in [0, 0.1) is 5.82 Å². The van der Waals surface area contributed by atoms with Crippen molar-refractivity contribution < 1.29 is 18.3 Å². The molecule has 5 nitrogen and oxygen atoms in total. The predicted octanol–water partition coefficient (Wildman–Crippen LogP) is 6.44. The topological polar surface area (TPSA) is 63.8 Å². The Hall–Kier alpha value is -2.97. The molecule has 4 aromatic rings. The lowest BCUT2D eigenvalue weighted by Crippen LogP contribution is -2.16. The van der Waals surface area contributed by atoms with Gasteiger partial charge >= 0.3 is 5.91 Å². The molecule has 0 bridgehead atoms. The zero-order valence-corrected chi connectivity index (χ0v) is 19.1. The Morgan fingerprint density at radius 3 is 2.71 bits per heavy atom. The second-order valence-corrected chi connectivity index (χ2v) is 8.42. The zero-order valence-electron chi connectivity index (χ0n) is 15.9. The number of halogens is 3. The van der Waals surface area contributed by atoms with Crippen LogP contribution in [0.25, 0.3) is 11.0 Å². The molecule has 8 heteroatoms. The first-order chi connectivity index (χ1) is 15.0. The number of carbonyl (C=O) groups excluding carboxylic acids is 1. The van der Waals surface area contributed by atoms with Gasteiger partial charge in [0.2, 0.25) is 0 Å². The second kappa shape index (κ2) is 9.45. The third-order valence-electron chi connectivity index (χ3n) is 4.33. The van der Waals surface area contributed by atoms with Crippen molar-refractivity contribution in [2.24, 2.45) is 5.10 Å². The van der Waals surface area contributed by atoms with Crippen LogP contribution in [-0.2, 0) is 6.61 Å². The Kier molecular flexibility index (Phi) is 6.48. The Balaban J connectivity index is 1.46. The summed E-state index contributed by atoms with van der Waals surface area (Å²) in [4.78, 5) is 12.4. The first kappa shape index (κ1) is 21.3. The molecule has 1 heterocycles. The Morgan fingerprint density at radius 1 is 1.06 bits per heavy atom. The summed E-state index contributed by atoms with van der Waals surface area (Å²) in [6.45, 7) is 0.196. The fourth-order valence-electron chi connectivity index (χ4n) is 2.88. The monoisotopic (exact) mass is 544 g/mol. The number of furan rings is 1. The van der Waals surface area contributed by atoms with E-state index >= 15 is 0 Å². The summed E-state index contributed by atoms with van der Waals surface area (Å²) < 4.78 is 26.4. The average Bonchev–Trinajstić information content (AvgIpc) is 3.16. The number of benzene rings is 3. The highest BCUT2D eigenvalue weighted by Gasteiger charge is 2.12. The molecule has 0 saturated carbocycles. The van der Waals surface area contributed by atoms with Crippen molar-refractivity contribution in [3.63, 3.8) is 0 Å². The van der Waals surface area contributed by atoms with Gasteiger partial charge in [-0.15, -0.1) is 0 Å². The van der Waals surface area contributed by atoms with Gasteiger partial charge in [0.15, 0.2) is 5.76 Å². The minimum Gasteiger partial charge on any atom is -0.488 e. The quantitative estimate of drug-likeness (QED) is 0.224. The summed E-state index contributed by atoms with van der Waals surface area (Å²) in [6.07, 6.45) is 1.48. The largest absolute Gasteiger partial charge is 0.488 e. The highest BCUT2D eigenvalue weighted by atomic mass is 79.9. The van der Waals surface area contributed by atoms with Gasteiger partial charge in [-0.2, -0.15) is 5.10 Å².